The predicted molar refractivity (Wildman–Crippen MR) is 41.5 cm³/mol. The first-order chi connectivity index (χ1) is 5.46. The molecule has 12 heavy (non-hydrogen) atoms. The third kappa shape index (κ3) is 1.04. The molecule has 64 valence electrons. The molecule has 0 fully saturated rings. The van der Waals surface area contributed by atoms with Gasteiger partial charge in [0.25, 0.3) is 11.8 Å². The number of nitrogens with zero attached hydrogens (tertiary/aromatic N) is 1. The lowest BCUT2D eigenvalue weighted by Crippen LogP contribution is -2.33. The van der Waals surface area contributed by atoms with Crippen LogP contribution in [-0.4, -0.2) is 22.1 Å². The van der Waals surface area contributed by atoms with E-state index in [4.69, 9.17) is 11.6 Å². The number of rotatable bonds is 0. The first-order valence-corrected chi connectivity index (χ1v) is 3.60. The minimum atomic E-state index is -1.05. The molecule has 0 aromatic heterocycles. The summed E-state index contributed by atoms with van der Waals surface area (Å²) in [4.78, 5) is 33.2. The zero-order valence-corrected chi connectivity index (χ0v) is 7.31. The van der Waals surface area contributed by atoms with Gasteiger partial charge in [-0.2, -0.15) is 4.90 Å². The second-order valence-corrected chi connectivity index (χ2v) is 2.77. The molecule has 0 spiro atoms. The molecule has 3 amide bonds. The van der Waals surface area contributed by atoms with Gasteiger partial charge < -0.3 is 0 Å². The highest BCUT2D eigenvalue weighted by molar-refractivity contribution is 6.66. The van der Waals surface area contributed by atoms with E-state index < -0.39 is 17.2 Å². The van der Waals surface area contributed by atoms with Crippen LogP contribution >= 0.6 is 11.6 Å². The molecule has 1 heterocycles. The molecule has 0 aliphatic carbocycles. The van der Waals surface area contributed by atoms with Gasteiger partial charge in [0.05, 0.1) is 0 Å². The number of amides is 3. The first kappa shape index (κ1) is 8.93. The van der Waals surface area contributed by atoms with Gasteiger partial charge in [-0.3, -0.25) is 14.4 Å². The Balaban J connectivity index is 3.12. The molecular formula is C7H6ClNO3. The minimum Gasteiger partial charge on any atom is -0.268 e. The van der Waals surface area contributed by atoms with Gasteiger partial charge >= 0.3 is 5.37 Å². The van der Waals surface area contributed by atoms with Crippen LogP contribution in [0, 0.1) is 0 Å². The summed E-state index contributed by atoms with van der Waals surface area (Å²) in [6, 6.07) is 0. The molecule has 0 aromatic carbocycles. The molecule has 0 N–H and O–H groups in total. The van der Waals surface area contributed by atoms with E-state index in [2.05, 4.69) is 0 Å². The quantitative estimate of drug-likeness (QED) is 0.324. The van der Waals surface area contributed by atoms with E-state index in [1.165, 1.54) is 13.8 Å². The average Bonchev–Trinajstić information content (AvgIpc) is 2.16. The van der Waals surface area contributed by atoms with Crippen molar-refractivity contribution >= 4 is 28.8 Å². The Morgan fingerprint density at radius 3 is 1.67 bits per heavy atom. The van der Waals surface area contributed by atoms with Crippen molar-refractivity contribution in [1.29, 1.82) is 0 Å². The summed E-state index contributed by atoms with van der Waals surface area (Å²) < 4.78 is 0. The van der Waals surface area contributed by atoms with E-state index in [0.717, 1.165) is 0 Å². The SMILES string of the molecule is CC1=C(C)C(=O)N(C(=O)Cl)C1=O. The molecule has 0 radical (unpaired) electrons. The fourth-order valence-electron chi connectivity index (χ4n) is 0.908. The minimum absolute atomic E-state index is 0.272. The highest BCUT2D eigenvalue weighted by atomic mass is 35.5. The average molecular weight is 188 g/mol. The topological polar surface area (TPSA) is 54.5 Å². The fourth-order valence-corrected chi connectivity index (χ4v) is 1.06. The maximum absolute atomic E-state index is 11.1. The molecule has 1 aliphatic heterocycles. The van der Waals surface area contributed by atoms with Crippen molar-refractivity contribution in [2.45, 2.75) is 13.8 Å². The summed E-state index contributed by atoms with van der Waals surface area (Å²) in [7, 11) is 0. The number of halogens is 1. The van der Waals surface area contributed by atoms with Gasteiger partial charge in [0.1, 0.15) is 0 Å². The summed E-state index contributed by atoms with van der Waals surface area (Å²) >= 11 is 5.02. The predicted octanol–water partition coefficient (Wildman–Crippen LogP) is 1.05. The normalized spacial score (nSPS) is 17.8. The number of carbonyl (C=O) groups excluding carboxylic acids is 3. The molecule has 0 saturated heterocycles. The summed E-state index contributed by atoms with van der Waals surface area (Å²) in [5.41, 5.74) is 0.544. The van der Waals surface area contributed by atoms with Gasteiger partial charge in [0, 0.05) is 11.1 Å². The zero-order chi connectivity index (χ0) is 9.46. The molecule has 0 aromatic rings. The maximum atomic E-state index is 11.1. The summed E-state index contributed by atoms with van der Waals surface area (Å²) in [5.74, 6) is -1.25. The van der Waals surface area contributed by atoms with Crippen molar-refractivity contribution < 1.29 is 14.4 Å². The van der Waals surface area contributed by atoms with Crippen LogP contribution in [0.15, 0.2) is 11.1 Å². The van der Waals surface area contributed by atoms with Gasteiger partial charge in [0.15, 0.2) is 0 Å². The number of hydrogen-bond acceptors (Lipinski definition) is 3. The van der Waals surface area contributed by atoms with E-state index >= 15 is 0 Å². The molecule has 1 rings (SSSR count). The molecule has 1 aliphatic rings. The van der Waals surface area contributed by atoms with Crippen molar-refractivity contribution in [3.8, 4) is 0 Å². The van der Waals surface area contributed by atoms with E-state index in [9.17, 15) is 14.4 Å². The largest absolute Gasteiger partial charge is 0.330 e. The standard InChI is InChI=1S/C7H6ClNO3/c1-3-4(2)6(11)9(5(3)10)7(8)12/h1-2H3. The number of imide groups is 3. The van der Waals surface area contributed by atoms with E-state index in [-0.39, 0.29) is 11.1 Å². The lowest BCUT2D eigenvalue weighted by molar-refractivity contribution is -0.133. The van der Waals surface area contributed by atoms with Crippen LogP contribution in [0.1, 0.15) is 13.8 Å². The number of hydrogen-bond donors (Lipinski definition) is 0. The second kappa shape index (κ2) is 2.71. The Kier molecular flexibility index (Phi) is 2.02. The van der Waals surface area contributed by atoms with Crippen LogP contribution < -0.4 is 0 Å². The molecular weight excluding hydrogens is 182 g/mol. The zero-order valence-electron chi connectivity index (χ0n) is 6.55. The van der Waals surface area contributed by atoms with Crippen LogP contribution in [0.2, 0.25) is 0 Å². The lowest BCUT2D eigenvalue weighted by atomic mass is 10.2. The van der Waals surface area contributed by atoms with Crippen LogP contribution in [-0.2, 0) is 9.59 Å². The van der Waals surface area contributed by atoms with Crippen molar-refractivity contribution in [2.75, 3.05) is 0 Å². The summed E-state index contributed by atoms with van der Waals surface area (Å²) in [6.45, 7) is 2.96. The van der Waals surface area contributed by atoms with Crippen LogP contribution in [0.3, 0.4) is 0 Å². The Hall–Kier alpha value is -1.16. The van der Waals surface area contributed by atoms with Crippen molar-refractivity contribution in [3.63, 3.8) is 0 Å². The van der Waals surface area contributed by atoms with Gasteiger partial charge in [-0.15, -0.1) is 0 Å². The molecule has 4 nitrogen and oxygen atoms in total. The Morgan fingerprint density at radius 2 is 1.50 bits per heavy atom. The van der Waals surface area contributed by atoms with Gasteiger partial charge in [-0.25, -0.2) is 0 Å². The highest BCUT2D eigenvalue weighted by Crippen LogP contribution is 2.20. The monoisotopic (exact) mass is 187 g/mol. The Labute approximate surface area is 73.8 Å². The van der Waals surface area contributed by atoms with Crippen LogP contribution in [0.25, 0.3) is 0 Å². The molecule has 0 atom stereocenters. The fraction of sp³-hybridized carbons (Fsp3) is 0.286. The Morgan fingerprint density at radius 1 is 1.17 bits per heavy atom. The maximum Gasteiger partial charge on any atom is 0.330 e. The van der Waals surface area contributed by atoms with Gasteiger partial charge in [-0.05, 0) is 25.4 Å². The first-order valence-electron chi connectivity index (χ1n) is 3.22. The lowest BCUT2D eigenvalue weighted by Gasteiger charge is -2.06. The van der Waals surface area contributed by atoms with Crippen molar-refractivity contribution in [2.24, 2.45) is 0 Å². The van der Waals surface area contributed by atoms with E-state index in [1.54, 1.807) is 0 Å². The third-order valence-corrected chi connectivity index (χ3v) is 1.96. The van der Waals surface area contributed by atoms with Crippen molar-refractivity contribution in [1.82, 2.24) is 4.90 Å². The summed E-state index contributed by atoms with van der Waals surface area (Å²) in [6.07, 6.45) is 0. The second-order valence-electron chi connectivity index (χ2n) is 2.45. The van der Waals surface area contributed by atoms with Gasteiger partial charge in [-0.1, -0.05) is 0 Å². The molecule has 5 heteroatoms. The third-order valence-electron chi connectivity index (χ3n) is 1.79. The van der Waals surface area contributed by atoms with E-state index in [1.807, 2.05) is 0 Å². The van der Waals surface area contributed by atoms with Crippen LogP contribution in [0.5, 0.6) is 0 Å². The molecule has 0 bridgehead atoms. The highest BCUT2D eigenvalue weighted by Gasteiger charge is 2.37. The summed E-state index contributed by atoms with van der Waals surface area (Å²) in [5, 5.41) is -1.05. The smallest absolute Gasteiger partial charge is 0.268 e. The molecule has 0 unspecified atom stereocenters. The Bertz CT molecular complexity index is 295. The van der Waals surface area contributed by atoms with Crippen LogP contribution in [0.4, 0.5) is 4.79 Å². The van der Waals surface area contributed by atoms with Gasteiger partial charge in [0.2, 0.25) is 0 Å². The van der Waals surface area contributed by atoms with E-state index in [0.29, 0.717) is 4.90 Å². The molecule has 0 saturated carbocycles. The number of carbonyl (C=O) groups is 3. The van der Waals surface area contributed by atoms with Crippen molar-refractivity contribution in [3.05, 3.63) is 11.1 Å².